The summed E-state index contributed by atoms with van der Waals surface area (Å²) in [5.74, 6) is -0.754. The van der Waals surface area contributed by atoms with Gasteiger partial charge in [0, 0.05) is 17.1 Å². The molecule has 2 aromatic carbocycles. The van der Waals surface area contributed by atoms with Gasteiger partial charge in [0.15, 0.2) is 0 Å². The first-order valence-electron chi connectivity index (χ1n) is 11.0. The molecule has 2 atom stereocenters. The normalized spacial score (nSPS) is 22.1. The van der Waals surface area contributed by atoms with Gasteiger partial charge in [-0.3, -0.25) is 14.5 Å². The molecule has 4 N–H and O–H groups in total. The van der Waals surface area contributed by atoms with Crippen molar-refractivity contribution in [2.24, 2.45) is 5.92 Å². The molecule has 4 rings (SSSR count). The number of hydrogen-bond donors (Lipinski definition) is 4. The summed E-state index contributed by atoms with van der Waals surface area (Å²) in [6.07, 6.45) is 3.38. The van der Waals surface area contributed by atoms with Gasteiger partial charge in [0.05, 0.1) is 0 Å². The van der Waals surface area contributed by atoms with Crippen LogP contribution in [0.3, 0.4) is 0 Å². The third-order valence-corrected chi connectivity index (χ3v) is 6.26. The first kappa shape index (κ1) is 22.3. The van der Waals surface area contributed by atoms with Crippen molar-refractivity contribution in [2.75, 3.05) is 22.5 Å². The van der Waals surface area contributed by atoms with Crippen molar-refractivity contribution in [3.63, 3.8) is 0 Å². The van der Waals surface area contributed by atoms with Gasteiger partial charge in [-0.2, -0.15) is 0 Å². The Morgan fingerprint density at radius 2 is 1.55 bits per heavy atom. The van der Waals surface area contributed by atoms with E-state index in [1.165, 1.54) is 0 Å². The molecular weight excluding hydrogens is 422 g/mol. The molecule has 0 aromatic heterocycles. The lowest BCUT2D eigenvalue weighted by molar-refractivity contribution is -0.136. The fourth-order valence-electron chi connectivity index (χ4n) is 4.43. The topological polar surface area (TPSA) is 120 Å². The molecule has 172 valence electrons. The van der Waals surface area contributed by atoms with E-state index in [9.17, 15) is 19.2 Å². The van der Waals surface area contributed by atoms with Crippen molar-refractivity contribution in [3.05, 3.63) is 54.6 Å². The van der Waals surface area contributed by atoms with E-state index in [4.69, 9.17) is 0 Å². The molecule has 9 nitrogen and oxygen atoms in total. The van der Waals surface area contributed by atoms with E-state index in [-0.39, 0.29) is 24.4 Å². The average Bonchev–Trinajstić information content (AvgIpc) is 3.02. The number of rotatable bonds is 5. The molecule has 1 spiro atoms. The van der Waals surface area contributed by atoms with Crippen LogP contribution in [-0.4, -0.2) is 40.9 Å². The molecule has 1 saturated heterocycles. The minimum absolute atomic E-state index is 0.0369. The number of imide groups is 1. The lowest BCUT2D eigenvalue weighted by atomic mass is 9.73. The summed E-state index contributed by atoms with van der Waals surface area (Å²) in [4.78, 5) is 51.0. The number of para-hydroxylation sites is 1. The summed E-state index contributed by atoms with van der Waals surface area (Å²) >= 11 is 0. The fourth-order valence-corrected chi connectivity index (χ4v) is 4.43. The number of urea groups is 2. The molecule has 1 saturated carbocycles. The molecule has 33 heavy (non-hydrogen) atoms. The largest absolute Gasteiger partial charge is 0.325 e. The Kier molecular flexibility index (Phi) is 6.30. The summed E-state index contributed by atoms with van der Waals surface area (Å²) in [5, 5.41) is 11.0. The van der Waals surface area contributed by atoms with E-state index >= 15 is 0 Å². The van der Waals surface area contributed by atoms with Crippen LogP contribution in [0.4, 0.5) is 26.7 Å². The lowest BCUT2D eigenvalue weighted by Crippen LogP contribution is -2.54. The van der Waals surface area contributed by atoms with E-state index < -0.39 is 17.5 Å². The predicted molar refractivity (Wildman–Crippen MR) is 125 cm³/mol. The molecule has 2 aliphatic rings. The van der Waals surface area contributed by atoms with Gasteiger partial charge in [-0.05, 0) is 55.2 Å². The van der Waals surface area contributed by atoms with E-state index in [1.54, 1.807) is 36.4 Å². The van der Waals surface area contributed by atoms with Crippen molar-refractivity contribution in [3.8, 4) is 0 Å². The van der Waals surface area contributed by atoms with Crippen LogP contribution in [0.1, 0.15) is 32.6 Å². The Morgan fingerprint density at radius 1 is 0.939 bits per heavy atom. The first-order valence-corrected chi connectivity index (χ1v) is 11.0. The first-order chi connectivity index (χ1) is 15.9. The summed E-state index contributed by atoms with van der Waals surface area (Å²) in [6, 6.07) is 14.7. The maximum Gasteiger partial charge on any atom is 0.325 e. The maximum atomic E-state index is 13.0. The van der Waals surface area contributed by atoms with Gasteiger partial charge in [-0.25, -0.2) is 9.59 Å². The number of amides is 6. The minimum Gasteiger partial charge on any atom is -0.325 e. The molecule has 2 aromatic rings. The van der Waals surface area contributed by atoms with Crippen molar-refractivity contribution in [1.29, 1.82) is 0 Å². The Labute approximate surface area is 191 Å². The summed E-state index contributed by atoms with van der Waals surface area (Å²) < 4.78 is 0. The highest BCUT2D eigenvalue weighted by molar-refractivity contribution is 6.10. The van der Waals surface area contributed by atoms with Crippen molar-refractivity contribution in [2.45, 2.75) is 38.1 Å². The highest BCUT2D eigenvalue weighted by Gasteiger charge is 2.55. The third kappa shape index (κ3) is 4.82. The standard InChI is InChI=1S/C24H27N5O4/c1-16-7-5-6-14-24(16)21(31)29(23(33)28-24)15-20(30)25-18-10-12-19(13-11-18)27-22(32)26-17-8-3-2-4-9-17/h2-4,8-13,16H,5-7,14-15H2,1H3,(H,25,30)(H,28,33)(H2,26,27,32). The van der Waals surface area contributed by atoms with E-state index in [1.807, 2.05) is 25.1 Å². The van der Waals surface area contributed by atoms with Gasteiger partial charge in [0.25, 0.3) is 5.91 Å². The van der Waals surface area contributed by atoms with Crippen LogP contribution in [0.25, 0.3) is 0 Å². The van der Waals surface area contributed by atoms with E-state index in [0.717, 1.165) is 24.2 Å². The Morgan fingerprint density at radius 3 is 2.18 bits per heavy atom. The molecular formula is C24H27N5O4. The molecule has 0 radical (unpaired) electrons. The van der Waals surface area contributed by atoms with Crippen LogP contribution in [-0.2, 0) is 9.59 Å². The molecule has 1 aliphatic heterocycles. The molecule has 2 fully saturated rings. The third-order valence-electron chi connectivity index (χ3n) is 6.26. The van der Waals surface area contributed by atoms with E-state index in [0.29, 0.717) is 23.5 Å². The smallest absolute Gasteiger partial charge is 0.325 e. The summed E-state index contributed by atoms with van der Waals surface area (Å²) in [5.41, 5.74) is 0.817. The SMILES string of the molecule is CC1CCCCC12NC(=O)N(CC(=O)Nc1ccc(NC(=O)Nc3ccccc3)cc1)C2=O. The Balaban J connectivity index is 1.31. The van der Waals surface area contributed by atoms with Gasteiger partial charge >= 0.3 is 12.1 Å². The summed E-state index contributed by atoms with van der Waals surface area (Å²) in [7, 11) is 0. The zero-order valence-corrected chi connectivity index (χ0v) is 18.4. The van der Waals surface area contributed by atoms with Crippen molar-refractivity contribution < 1.29 is 19.2 Å². The maximum absolute atomic E-state index is 13.0. The zero-order valence-electron chi connectivity index (χ0n) is 18.4. The Hall–Kier alpha value is -3.88. The molecule has 9 heteroatoms. The lowest BCUT2D eigenvalue weighted by Gasteiger charge is -2.36. The number of anilines is 3. The van der Waals surface area contributed by atoms with Crippen LogP contribution < -0.4 is 21.3 Å². The molecule has 1 heterocycles. The van der Waals surface area contributed by atoms with Crippen LogP contribution in [0.2, 0.25) is 0 Å². The van der Waals surface area contributed by atoms with E-state index in [2.05, 4.69) is 21.3 Å². The predicted octanol–water partition coefficient (Wildman–Crippen LogP) is 3.77. The van der Waals surface area contributed by atoms with Crippen LogP contribution in [0.15, 0.2) is 54.6 Å². The zero-order chi connectivity index (χ0) is 23.4. The van der Waals surface area contributed by atoms with Gasteiger partial charge in [-0.15, -0.1) is 0 Å². The molecule has 0 bridgehead atoms. The second-order valence-electron chi connectivity index (χ2n) is 8.51. The van der Waals surface area contributed by atoms with Crippen LogP contribution >= 0.6 is 0 Å². The quantitative estimate of drug-likeness (QED) is 0.520. The van der Waals surface area contributed by atoms with Gasteiger partial charge < -0.3 is 21.3 Å². The number of benzene rings is 2. The van der Waals surface area contributed by atoms with Crippen LogP contribution in [0, 0.1) is 5.92 Å². The molecule has 2 unspecified atom stereocenters. The fraction of sp³-hybridized carbons (Fsp3) is 0.333. The molecule has 1 aliphatic carbocycles. The van der Waals surface area contributed by atoms with Gasteiger partial charge in [-0.1, -0.05) is 38.0 Å². The minimum atomic E-state index is -0.886. The number of nitrogens with one attached hydrogen (secondary N) is 4. The number of carbonyl (C=O) groups excluding carboxylic acids is 4. The Bertz CT molecular complexity index is 1060. The highest BCUT2D eigenvalue weighted by Crippen LogP contribution is 2.38. The monoisotopic (exact) mass is 449 g/mol. The van der Waals surface area contributed by atoms with Gasteiger partial charge in [0.1, 0.15) is 12.1 Å². The highest BCUT2D eigenvalue weighted by atomic mass is 16.2. The summed E-state index contributed by atoms with van der Waals surface area (Å²) in [6.45, 7) is 1.62. The average molecular weight is 450 g/mol. The number of carbonyl (C=O) groups is 4. The van der Waals surface area contributed by atoms with Crippen molar-refractivity contribution in [1.82, 2.24) is 10.2 Å². The van der Waals surface area contributed by atoms with Crippen LogP contribution in [0.5, 0.6) is 0 Å². The van der Waals surface area contributed by atoms with Gasteiger partial charge in [0.2, 0.25) is 5.91 Å². The van der Waals surface area contributed by atoms with Crippen molar-refractivity contribution >= 4 is 40.9 Å². The second-order valence-corrected chi connectivity index (χ2v) is 8.51. The number of nitrogens with zero attached hydrogens (tertiary/aromatic N) is 1. The number of hydrogen-bond acceptors (Lipinski definition) is 4. The second kappa shape index (κ2) is 9.32. The molecule has 6 amide bonds.